The first kappa shape index (κ1) is 9.71. The van der Waals surface area contributed by atoms with Crippen molar-refractivity contribution in [1.82, 2.24) is 0 Å². The van der Waals surface area contributed by atoms with Gasteiger partial charge in [-0.05, 0) is 12.1 Å². The molecule has 1 aromatic carbocycles. The molecule has 0 spiro atoms. The SMILES string of the molecule is COC(=O)Cc1coc2cc(F)ccc12. The monoisotopic (exact) mass is 208 g/mol. The van der Waals surface area contributed by atoms with Gasteiger partial charge in [-0.3, -0.25) is 4.79 Å². The molecule has 0 aliphatic carbocycles. The molecule has 15 heavy (non-hydrogen) atoms. The van der Waals surface area contributed by atoms with Gasteiger partial charge in [0, 0.05) is 17.0 Å². The molecule has 0 aliphatic rings. The van der Waals surface area contributed by atoms with Gasteiger partial charge in [-0.2, -0.15) is 0 Å². The molecule has 3 nitrogen and oxygen atoms in total. The average Bonchev–Trinajstić information content (AvgIpc) is 2.60. The Labute approximate surface area is 85.4 Å². The zero-order valence-electron chi connectivity index (χ0n) is 8.12. The standard InChI is InChI=1S/C11H9FO3/c1-14-11(13)4-7-6-15-10-5-8(12)2-3-9(7)10/h2-3,5-6H,4H2,1H3. The number of furan rings is 1. The van der Waals surface area contributed by atoms with Crippen LogP contribution in [0, 0.1) is 5.82 Å². The maximum absolute atomic E-state index is 12.8. The highest BCUT2D eigenvalue weighted by Crippen LogP contribution is 2.22. The average molecular weight is 208 g/mol. The lowest BCUT2D eigenvalue weighted by molar-refractivity contribution is -0.139. The summed E-state index contributed by atoms with van der Waals surface area (Å²) in [5.41, 5.74) is 1.14. The van der Waals surface area contributed by atoms with Gasteiger partial charge in [0.1, 0.15) is 11.4 Å². The molecular formula is C11H9FO3. The van der Waals surface area contributed by atoms with Crippen LogP contribution in [0.2, 0.25) is 0 Å². The van der Waals surface area contributed by atoms with E-state index in [4.69, 9.17) is 4.42 Å². The van der Waals surface area contributed by atoms with Crippen LogP contribution in [-0.4, -0.2) is 13.1 Å². The Hall–Kier alpha value is -1.84. The fourth-order valence-electron chi connectivity index (χ4n) is 1.42. The van der Waals surface area contributed by atoms with Gasteiger partial charge in [-0.15, -0.1) is 0 Å². The molecule has 2 aromatic rings. The third kappa shape index (κ3) is 1.83. The summed E-state index contributed by atoms with van der Waals surface area (Å²) in [6.45, 7) is 0. The molecule has 0 fully saturated rings. The number of esters is 1. The minimum absolute atomic E-state index is 0.134. The quantitative estimate of drug-likeness (QED) is 0.711. The maximum atomic E-state index is 12.8. The molecule has 0 amide bonds. The van der Waals surface area contributed by atoms with Gasteiger partial charge in [-0.1, -0.05) is 0 Å². The molecule has 78 valence electrons. The minimum Gasteiger partial charge on any atom is -0.469 e. The van der Waals surface area contributed by atoms with Gasteiger partial charge < -0.3 is 9.15 Å². The van der Waals surface area contributed by atoms with E-state index >= 15 is 0 Å². The molecule has 0 unspecified atom stereocenters. The first-order valence-electron chi connectivity index (χ1n) is 4.43. The third-order valence-corrected chi connectivity index (χ3v) is 2.18. The van der Waals surface area contributed by atoms with Gasteiger partial charge in [0.15, 0.2) is 0 Å². The summed E-state index contributed by atoms with van der Waals surface area (Å²) in [7, 11) is 1.32. The lowest BCUT2D eigenvalue weighted by atomic mass is 10.1. The smallest absolute Gasteiger partial charge is 0.310 e. The van der Waals surface area contributed by atoms with E-state index in [-0.39, 0.29) is 18.2 Å². The van der Waals surface area contributed by atoms with E-state index in [9.17, 15) is 9.18 Å². The Morgan fingerprint density at radius 2 is 2.33 bits per heavy atom. The highest BCUT2D eigenvalue weighted by Gasteiger charge is 2.10. The highest BCUT2D eigenvalue weighted by molar-refractivity contribution is 5.85. The summed E-state index contributed by atoms with van der Waals surface area (Å²) in [6.07, 6.45) is 1.58. The van der Waals surface area contributed by atoms with Crippen molar-refractivity contribution < 1.29 is 18.3 Å². The van der Waals surface area contributed by atoms with Crippen LogP contribution in [-0.2, 0) is 16.0 Å². The van der Waals surface area contributed by atoms with E-state index in [1.807, 2.05) is 0 Å². The zero-order chi connectivity index (χ0) is 10.8. The summed E-state index contributed by atoms with van der Waals surface area (Å²) in [6, 6.07) is 4.21. The van der Waals surface area contributed by atoms with Crippen LogP contribution in [0.3, 0.4) is 0 Å². The first-order valence-corrected chi connectivity index (χ1v) is 4.43. The van der Waals surface area contributed by atoms with Crippen LogP contribution in [0.25, 0.3) is 11.0 Å². The Morgan fingerprint density at radius 3 is 3.07 bits per heavy atom. The van der Waals surface area contributed by atoms with E-state index in [0.29, 0.717) is 11.1 Å². The van der Waals surface area contributed by atoms with Crippen molar-refractivity contribution in [3.05, 3.63) is 35.8 Å². The molecule has 0 saturated carbocycles. The van der Waals surface area contributed by atoms with Crippen molar-refractivity contribution in [2.45, 2.75) is 6.42 Å². The molecular weight excluding hydrogens is 199 g/mol. The van der Waals surface area contributed by atoms with Crippen molar-refractivity contribution in [2.75, 3.05) is 7.11 Å². The van der Waals surface area contributed by atoms with Crippen molar-refractivity contribution in [1.29, 1.82) is 0 Å². The van der Waals surface area contributed by atoms with E-state index in [2.05, 4.69) is 4.74 Å². The lowest BCUT2D eigenvalue weighted by Crippen LogP contribution is -2.03. The third-order valence-electron chi connectivity index (χ3n) is 2.18. The van der Waals surface area contributed by atoms with E-state index in [1.165, 1.54) is 25.5 Å². The molecule has 0 atom stereocenters. The topological polar surface area (TPSA) is 39.4 Å². The van der Waals surface area contributed by atoms with E-state index in [1.54, 1.807) is 6.07 Å². The first-order chi connectivity index (χ1) is 7.20. The second-order valence-electron chi connectivity index (χ2n) is 3.15. The van der Waals surface area contributed by atoms with Crippen LogP contribution in [0.1, 0.15) is 5.56 Å². The number of benzene rings is 1. The molecule has 1 aromatic heterocycles. The molecule has 0 radical (unpaired) electrons. The number of ether oxygens (including phenoxy) is 1. The van der Waals surface area contributed by atoms with Gasteiger partial charge in [0.05, 0.1) is 19.8 Å². The Kier molecular flexibility index (Phi) is 2.41. The maximum Gasteiger partial charge on any atom is 0.310 e. The van der Waals surface area contributed by atoms with Gasteiger partial charge in [-0.25, -0.2) is 4.39 Å². The number of halogens is 1. The van der Waals surface area contributed by atoms with E-state index in [0.717, 1.165) is 5.39 Å². The van der Waals surface area contributed by atoms with Crippen molar-refractivity contribution >= 4 is 16.9 Å². The molecule has 0 N–H and O–H groups in total. The number of hydrogen-bond donors (Lipinski definition) is 0. The second-order valence-corrected chi connectivity index (χ2v) is 3.15. The fraction of sp³-hybridized carbons (Fsp3) is 0.182. The summed E-state index contributed by atoms with van der Waals surface area (Å²) < 4.78 is 22.5. The van der Waals surface area contributed by atoms with Crippen molar-refractivity contribution in [3.8, 4) is 0 Å². The lowest BCUT2D eigenvalue weighted by Gasteiger charge is -1.96. The van der Waals surface area contributed by atoms with Crippen LogP contribution in [0.4, 0.5) is 4.39 Å². The number of rotatable bonds is 2. The Morgan fingerprint density at radius 1 is 1.53 bits per heavy atom. The van der Waals surface area contributed by atoms with Crippen LogP contribution < -0.4 is 0 Å². The predicted octanol–water partition coefficient (Wildman–Crippen LogP) is 2.29. The predicted molar refractivity (Wildman–Crippen MR) is 51.9 cm³/mol. The van der Waals surface area contributed by atoms with Gasteiger partial charge >= 0.3 is 5.97 Å². The van der Waals surface area contributed by atoms with Gasteiger partial charge in [0.2, 0.25) is 0 Å². The van der Waals surface area contributed by atoms with E-state index < -0.39 is 0 Å². The Bertz CT molecular complexity index is 502. The fourth-order valence-corrected chi connectivity index (χ4v) is 1.42. The zero-order valence-corrected chi connectivity index (χ0v) is 8.12. The normalized spacial score (nSPS) is 10.5. The summed E-state index contributed by atoms with van der Waals surface area (Å²) in [4.78, 5) is 11.1. The molecule has 2 rings (SSSR count). The number of fused-ring (bicyclic) bond motifs is 1. The van der Waals surface area contributed by atoms with Crippen molar-refractivity contribution in [2.24, 2.45) is 0 Å². The Balaban J connectivity index is 2.41. The number of methoxy groups -OCH3 is 1. The number of carbonyl (C=O) groups is 1. The van der Waals surface area contributed by atoms with Crippen molar-refractivity contribution in [3.63, 3.8) is 0 Å². The number of hydrogen-bond acceptors (Lipinski definition) is 3. The minimum atomic E-state index is -0.360. The molecule has 0 bridgehead atoms. The largest absolute Gasteiger partial charge is 0.469 e. The van der Waals surface area contributed by atoms with Crippen LogP contribution in [0.5, 0.6) is 0 Å². The molecule has 0 saturated heterocycles. The van der Waals surface area contributed by atoms with Crippen LogP contribution >= 0.6 is 0 Å². The van der Waals surface area contributed by atoms with Crippen LogP contribution in [0.15, 0.2) is 28.9 Å². The molecule has 0 aliphatic heterocycles. The summed E-state index contributed by atoms with van der Waals surface area (Å²) >= 11 is 0. The summed E-state index contributed by atoms with van der Waals surface area (Å²) in [5.74, 6) is -0.705. The number of carbonyl (C=O) groups excluding carboxylic acids is 1. The second kappa shape index (κ2) is 3.73. The molecule has 4 heteroatoms. The summed E-state index contributed by atoms with van der Waals surface area (Å²) in [5, 5.41) is 0.738. The highest BCUT2D eigenvalue weighted by atomic mass is 19.1. The van der Waals surface area contributed by atoms with Gasteiger partial charge in [0.25, 0.3) is 0 Å². The molecule has 1 heterocycles.